The van der Waals surface area contributed by atoms with Gasteiger partial charge in [-0.15, -0.1) is 10.2 Å². The van der Waals surface area contributed by atoms with Gasteiger partial charge in [0.2, 0.25) is 16.9 Å². The standard InChI is InChI=1S/C16H17N5O2S3/c1-2-3-8-12(22)18-15-20-21-16(26-15)24-9-13(23)19-14-17-10-6-4-5-7-11(10)25-14/h4-7H,2-3,8-9H2,1H3,(H,17,19,23)(H,18,20,22). The Morgan fingerprint density at radius 1 is 1.08 bits per heavy atom. The number of amides is 2. The summed E-state index contributed by atoms with van der Waals surface area (Å²) in [5.74, 6) is -0.0140. The fraction of sp³-hybridized carbons (Fsp3) is 0.312. The summed E-state index contributed by atoms with van der Waals surface area (Å²) in [5.41, 5.74) is 0.869. The van der Waals surface area contributed by atoms with Gasteiger partial charge in [-0.1, -0.05) is 59.9 Å². The largest absolute Gasteiger partial charge is 0.301 e. The molecule has 2 amide bonds. The summed E-state index contributed by atoms with van der Waals surface area (Å²) in [6.07, 6.45) is 2.29. The number of para-hydroxylation sites is 1. The molecule has 26 heavy (non-hydrogen) atoms. The van der Waals surface area contributed by atoms with Crippen LogP contribution in [0.15, 0.2) is 28.6 Å². The van der Waals surface area contributed by atoms with Crippen LogP contribution < -0.4 is 10.6 Å². The Labute approximate surface area is 162 Å². The minimum absolute atomic E-state index is 0.0619. The van der Waals surface area contributed by atoms with Crippen molar-refractivity contribution >= 4 is 66.7 Å². The van der Waals surface area contributed by atoms with E-state index in [-0.39, 0.29) is 17.6 Å². The van der Waals surface area contributed by atoms with Crippen LogP contribution in [-0.4, -0.2) is 32.7 Å². The summed E-state index contributed by atoms with van der Waals surface area (Å²) < 4.78 is 1.67. The van der Waals surface area contributed by atoms with Gasteiger partial charge in [-0.05, 0) is 18.6 Å². The summed E-state index contributed by atoms with van der Waals surface area (Å²) >= 11 is 3.98. The minimum atomic E-state index is -0.155. The van der Waals surface area contributed by atoms with E-state index < -0.39 is 0 Å². The Morgan fingerprint density at radius 3 is 2.69 bits per heavy atom. The Balaban J connectivity index is 1.47. The lowest BCUT2D eigenvalue weighted by Gasteiger charge is -1.99. The smallest absolute Gasteiger partial charge is 0.236 e. The highest BCUT2D eigenvalue weighted by atomic mass is 32.2. The maximum atomic E-state index is 12.1. The third-order valence-electron chi connectivity index (χ3n) is 3.28. The van der Waals surface area contributed by atoms with E-state index in [1.165, 1.54) is 34.4 Å². The highest BCUT2D eigenvalue weighted by molar-refractivity contribution is 8.01. The predicted molar refractivity (Wildman–Crippen MR) is 107 cm³/mol. The van der Waals surface area contributed by atoms with Gasteiger partial charge in [0.25, 0.3) is 0 Å². The highest BCUT2D eigenvalue weighted by Gasteiger charge is 2.12. The number of nitrogens with zero attached hydrogens (tertiary/aromatic N) is 3. The minimum Gasteiger partial charge on any atom is -0.301 e. The molecule has 0 unspecified atom stereocenters. The van der Waals surface area contributed by atoms with Crippen molar-refractivity contribution in [1.29, 1.82) is 0 Å². The SMILES string of the molecule is CCCCC(=O)Nc1nnc(SCC(=O)Nc2nc3ccccc3s2)s1. The summed E-state index contributed by atoms with van der Waals surface area (Å²) in [6, 6.07) is 7.73. The van der Waals surface area contributed by atoms with Gasteiger partial charge in [0.05, 0.1) is 16.0 Å². The molecule has 10 heteroatoms. The summed E-state index contributed by atoms with van der Waals surface area (Å²) in [7, 11) is 0. The lowest BCUT2D eigenvalue weighted by molar-refractivity contribution is -0.116. The van der Waals surface area contributed by atoms with Crippen LogP contribution in [0.1, 0.15) is 26.2 Å². The van der Waals surface area contributed by atoms with E-state index in [2.05, 4.69) is 25.8 Å². The van der Waals surface area contributed by atoms with Gasteiger partial charge in [-0.3, -0.25) is 9.59 Å². The van der Waals surface area contributed by atoms with Gasteiger partial charge in [0.15, 0.2) is 9.47 Å². The number of aromatic nitrogens is 3. The molecule has 0 saturated carbocycles. The van der Waals surface area contributed by atoms with Crippen LogP contribution in [0.25, 0.3) is 10.2 Å². The van der Waals surface area contributed by atoms with Gasteiger partial charge < -0.3 is 10.6 Å². The second kappa shape index (κ2) is 9.06. The monoisotopic (exact) mass is 407 g/mol. The Bertz CT molecular complexity index is 875. The summed E-state index contributed by atoms with van der Waals surface area (Å²) in [4.78, 5) is 28.1. The molecule has 2 N–H and O–H groups in total. The molecule has 2 heterocycles. The normalized spacial score (nSPS) is 10.8. The van der Waals surface area contributed by atoms with Crippen molar-refractivity contribution in [2.45, 2.75) is 30.5 Å². The second-order valence-electron chi connectivity index (χ2n) is 5.35. The molecule has 0 atom stereocenters. The van der Waals surface area contributed by atoms with Crippen LogP contribution in [0.3, 0.4) is 0 Å². The Kier molecular flexibility index (Phi) is 6.53. The van der Waals surface area contributed by atoms with E-state index >= 15 is 0 Å². The maximum Gasteiger partial charge on any atom is 0.236 e. The highest BCUT2D eigenvalue weighted by Crippen LogP contribution is 2.27. The van der Waals surface area contributed by atoms with Crippen LogP contribution in [0.5, 0.6) is 0 Å². The molecule has 0 fully saturated rings. The molecule has 0 saturated heterocycles. The first-order chi connectivity index (χ1) is 12.6. The first kappa shape index (κ1) is 18.7. The molecular formula is C16H17N5O2S3. The number of carbonyl (C=O) groups excluding carboxylic acids is 2. The van der Waals surface area contributed by atoms with Crippen LogP contribution in [0.4, 0.5) is 10.3 Å². The number of fused-ring (bicyclic) bond motifs is 1. The zero-order valence-corrected chi connectivity index (χ0v) is 16.5. The molecule has 0 aliphatic rings. The molecule has 7 nitrogen and oxygen atoms in total. The van der Waals surface area contributed by atoms with E-state index in [0.717, 1.165) is 23.1 Å². The van der Waals surface area contributed by atoms with Crippen molar-refractivity contribution in [2.75, 3.05) is 16.4 Å². The fourth-order valence-electron chi connectivity index (χ4n) is 2.05. The topological polar surface area (TPSA) is 96.9 Å². The Morgan fingerprint density at radius 2 is 1.88 bits per heavy atom. The van der Waals surface area contributed by atoms with Gasteiger partial charge >= 0.3 is 0 Å². The second-order valence-corrected chi connectivity index (χ2v) is 8.58. The third-order valence-corrected chi connectivity index (χ3v) is 6.20. The van der Waals surface area contributed by atoms with E-state index in [0.29, 0.717) is 21.0 Å². The average molecular weight is 408 g/mol. The molecule has 0 aliphatic heterocycles. The molecule has 136 valence electrons. The van der Waals surface area contributed by atoms with Gasteiger partial charge in [0, 0.05) is 6.42 Å². The number of benzene rings is 1. The number of rotatable bonds is 8. The molecule has 0 aliphatic carbocycles. The third kappa shape index (κ3) is 5.23. The van der Waals surface area contributed by atoms with Gasteiger partial charge in [-0.2, -0.15) is 0 Å². The zero-order chi connectivity index (χ0) is 18.4. The molecule has 0 spiro atoms. The van der Waals surface area contributed by atoms with Crippen LogP contribution in [-0.2, 0) is 9.59 Å². The molecular weight excluding hydrogens is 390 g/mol. The van der Waals surface area contributed by atoms with Crippen molar-refractivity contribution in [3.05, 3.63) is 24.3 Å². The van der Waals surface area contributed by atoms with E-state index in [4.69, 9.17) is 0 Å². The first-order valence-electron chi connectivity index (χ1n) is 8.05. The van der Waals surface area contributed by atoms with E-state index in [1.807, 2.05) is 31.2 Å². The average Bonchev–Trinajstić information content (AvgIpc) is 3.24. The number of thiazole rings is 1. The number of nitrogens with one attached hydrogen (secondary N) is 2. The maximum absolute atomic E-state index is 12.1. The van der Waals surface area contributed by atoms with Crippen LogP contribution >= 0.6 is 34.4 Å². The molecule has 1 aromatic carbocycles. The summed E-state index contributed by atoms with van der Waals surface area (Å²) in [6.45, 7) is 2.03. The van der Waals surface area contributed by atoms with Crippen molar-refractivity contribution in [1.82, 2.24) is 15.2 Å². The van der Waals surface area contributed by atoms with Crippen molar-refractivity contribution < 1.29 is 9.59 Å². The van der Waals surface area contributed by atoms with Crippen molar-refractivity contribution in [3.8, 4) is 0 Å². The number of carbonyl (C=O) groups is 2. The molecule has 0 bridgehead atoms. The van der Waals surface area contributed by atoms with Gasteiger partial charge in [0.1, 0.15) is 0 Å². The number of thioether (sulfide) groups is 1. The fourth-order valence-corrected chi connectivity index (χ4v) is 4.50. The first-order valence-corrected chi connectivity index (χ1v) is 10.7. The van der Waals surface area contributed by atoms with Crippen LogP contribution in [0.2, 0.25) is 0 Å². The zero-order valence-electron chi connectivity index (χ0n) is 14.0. The number of hydrogen-bond acceptors (Lipinski definition) is 8. The van der Waals surface area contributed by atoms with Gasteiger partial charge in [-0.25, -0.2) is 4.98 Å². The quantitative estimate of drug-likeness (QED) is 0.433. The van der Waals surface area contributed by atoms with E-state index in [1.54, 1.807) is 0 Å². The molecule has 3 rings (SSSR count). The van der Waals surface area contributed by atoms with Crippen molar-refractivity contribution in [3.63, 3.8) is 0 Å². The number of unbranched alkanes of at least 4 members (excludes halogenated alkanes) is 1. The van der Waals surface area contributed by atoms with E-state index in [9.17, 15) is 9.59 Å². The number of anilines is 2. The lowest BCUT2D eigenvalue weighted by Crippen LogP contribution is -2.13. The van der Waals surface area contributed by atoms with Crippen LogP contribution in [0, 0.1) is 0 Å². The molecule has 2 aromatic heterocycles. The lowest BCUT2D eigenvalue weighted by atomic mass is 10.2. The predicted octanol–water partition coefficient (Wildman–Crippen LogP) is 4.01. The molecule has 0 radical (unpaired) electrons. The number of hydrogen-bond donors (Lipinski definition) is 2. The Hall–Kier alpha value is -2.04. The molecule has 3 aromatic rings. The summed E-state index contributed by atoms with van der Waals surface area (Å²) in [5, 5.41) is 14.5. The van der Waals surface area contributed by atoms with Crippen molar-refractivity contribution in [2.24, 2.45) is 0 Å².